The van der Waals surface area contributed by atoms with Crippen LogP contribution in [-0.2, 0) is 21.2 Å². The number of ether oxygens (including phenoxy) is 1. The summed E-state index contributed by atoms with van der Waals surface area (Å²) in [6, 6.07) is 11.7. The molecule has 26 heavy (non-hydrogen) atoms. The molecule has 1 amide bonds. The van der Waals surface area contributed by atoms with E-state index in [0.29, 0.717) is 19.6 Å². The lowest BCUT2D eigenvalue weighted by molar-refractivity contribution is 0.0937. The maximum absolute atomic E-state index is 12.9. The number of halogens is 1. The fraction of sp³-hybridized carbons (Fsp3) is 0.278. The van der Waals surface area contributed by atoms with Crippen molar-refractivity contribution in [2.75, 3.05) is 26.8 Å². The third-order valence-corrected chi connectivity index (χ3v) is 5.08. The first-order chi connectivity index (χ1) is 12.4. The second kappa shape index (κ2) is 9.42. The number of hydrogen-bond donors (Lipinski definition) is 2. The minimum atomic E-state index is -3.75. The van der Waals surface area contributed by atoms with Crippen molar-refractivity contribution in [2.24, 2.45) is 0 Å². The predicted octanol–water partition coefficient (Wildman–Crippen LogP) is 1.72. The van der Waals surface area contributed by atoms with Crippen molar-refractivity contribution in [1.82, 2.24) is 10.0 Å². The Labute approximate surface area is 152 Å². The van der Waals surface area contributed by atoms with Gasteiger partial charge in [-0.3, -0.25) is 4.79 Å². The molecule has 0 fully saturated rings. The van der Waals surface area contributed by atoms with E-state index in [4.69, 9.17) is 4.74 Å². The van der Waals surface area contributed by atoms with Crippen LogP contribution in [0.25, 0.3) is 0 Å². The molecule has 2 aromatic carbocycles. The van der Waals surface area contributed by atoms with Crippen LogP contribution in [0, 0.1) is 5.82 Å². The van der Waals surface area contributed by atoms with E-state index >= 15 is 0 Å². The zero-order chi connectivity index (χ0) is 19.0. The number of nitrogens with one attached hydrogen (secondary N) is 2. The van der Waals surface area contributed by atoms with Crippen molar-refractivity contribution in [3.05, 3.63) is 65.5 Å². The minimum absolute atomic E-state index is 0.0102. The lowest BCUT2D eigenvalue weighted by Crippen LogP contribution is -2.28. The fourth-order valence-corrected chi connectivity index (χ4v) is 3.31. The Balaban J connectivity index is 1.98. The normalized spacial score (nSPS) is 11.3. The first-order valence-corrected chi connectivity index (χ1v) is 9.52. The number of amides is 1. The van der Waals surface area contributed by atoms with Crippen LogP contribution in [0.15, 0.2) is 53.4 Å². The van der Waals surface area contributed by atoms with Crippen LogP contribution in [0.2, 0.25) is 0 Å². The highest BCUT2D eigenvalue weighted by molar-refractivity contribution is 7.89. The second-order valence-electron chi connectivity index (χ2n) is 5.55. The van der Waals surface area contributed by atoms with Crippen LogP contribution < -0.4 is 10.0 Å². The molecule has 0 atom stereocenters. The highest BCUT2D eigenvalue weighted by atomic mass is 32.2. The van der Waals surface area contributed by atoms with Gasteiger partial charge in [0.25, 0.3) is 5.91 Å². The topological polar surface area (TPSA) is 84.5 Å². The Kier molecular flexibility index (Phi) is 7.26. The Morgan fingerprint density at radius 3 is 2.54 bits per heavy atom. The fourth-order valence-electron chi connectivity index (χ4n) is 2.24. The third-order valence-electron chi connectivity index (χ3n) is 3.62. The molecule has 0 saturated carbocycles. The molecule has 0 aliphatic rings. The molecule has 8 heteroatoms. The number of carbonyl (C=O) groups excluding carboxylic acids is 1. The van der Waals surface area contributed by atoms with E-state index in [-0.39, 0.29) is 28.7 Å². The van der Waals surface area contributed by atoms with Crippen molar-refractivity contribution in [1.29, 1.82) is 0 Å². The minimum Gasteiger partial charge on any atom is -0.383 e. The third kappa shape index (κ3) is 5.91. The van der Waals surface area contributed by atoms with Crippen LogP contribution in [0.4, 0.5) is 4.39 Å². The molecule has 2 aromatic rings. The lowest BCUT2D eigenvalue weighted by atomic mass is 10.1. The molecular weight excluding hydrogens is 359 g/mol. The van der Waals surface area contributed by atoms with Gasteiger partial charge in [0.05, 0.1) is 11.5 Å². The summed E-state index contributed by atoms with van der Waals surface area (Å²) in [6.45, 7) is 0.870. The SMILES string of the molecule is COCCNC(=O)c1cccc(S(=O)(=O)NCCc2ccc(F)cc2)c1. The summed E-state index contributed by atoms with van der Waals surface area (Å²) < 4.78 is 45.0. The van der Waals surface area contributed by atoms with Crippen LogP contribution in [0.3, 0.4) is 0 Å². The summed E-state index contributed by atoms with van der Waals surface area (Å²) in [4.78, 5) is 12.0. The van der Waals surface area contributed by atoms with E-state index < -0.39 is 10.0 Å². The van der Waals surface area contributed by atoms with E-state index in [1.54, 1.807) is 18.2 Å². The van der Waals surface area contributed by atoms with Gasteiger partial charge in [0.15, 0.2) is 0 Å². The van der Waals surface area contributed by atoms with Gasteiger partial charge in [0.2, 0.25) is 10.0 Å². The quantitative estimate of drug-likeness (QED) is 0.649. The number of rotatable bonds is 9. The van der Waals surface area contributed by atoms with Crippen LogP contribution >= 0.6 is 0 Å². The van der Waals surface area contributed by atoms with E-state index in [2.05, 4.69) is 10.0 Å². The monoisotopic (exact) mass is 380 g/mol. The summed E-state index contributed by atoms with van der Waals surface area (Å²) in [6.07, 6.45) is 0.427. The van der Waals surface area contributed by atoms with Crippen molar-refractivity contribution in [2.45, 2.75) is 11.3 Å². The summed E-state index contributed by atoms with van der Waals surface area (Å²) >= 11 is 0. The molecule has 0 heterocycles. The number of hydrogen-bond acceptors (Lipinski definition) is 4. The molecule has 6 nitrogen and oxygen atoms in total. The van der Waals surface area contributed by atoms with E-state index in [1.165, 1.54) is 37.4 Å². The summed E-state index contributed by atoms with van der Waals surface area (Å²) in [5, 5.41) is 2.64. The van der Waals surface area contributed by atoms with Gasteiger partial charge in [-0.2, -0.15) is 0 Å². The molecule has 0 spiro atoms. The molecule has 0 bridgehead atoms. The molecule has 0 aliphatic carbocycles. The molecule has 2 rings (SSSR count). The summed E-state index contributed by atoms with van der Waals surface area (Å²) in [5.41, 5.74) is 1.07. The highest BCUT2D eigenvalue weighted by Gasteiger charge is 2.15. The van der Waals surface area contributed by atoms with Crippen molar-refractivity contribution < 1.29 is 22.3 Å². The predicted molar refractivity (Wildman–Crippen MR) is 95.9 cm³/mol. The van der Waals surface area contributed by atoms with Gasteiger partial charge in [0, 0.05) is 25.8 Å². The van der Waals surface area contributed by atoms with Crippen molar-refractivity contribution in [3.63, 3.8) is 0 Å². The summed E-state index contributed by atoms with van der Waals surface area (Å²) in [7, 11) is -2.22. The van der Waals surface area contributed by atoms with E-state index in [1.807, 2.05) is 0 Å². The van der Waals surface area contributed by atoms with Gasteiger partial charge < -0.3 is 10.1 Å². The van der Waals surface area contributed by atoms with E-state index in [0.717, 1.165) is 5.56 Å². The smallest absolute Gasteiger partial charge is 0.251 e. The van der Waals surface area contributed by atoms with Gasteiger partial charge in [-0.15, -0.1) is 0 Å². The van der Waals surface area contributed by atoms with E-state index in [9.17, 15) is 17.6 Å². The average Bonchev–Trinajstić information content (AvgIpc) is 2.63. The zero-order valence-electron chi connectivity index (χ0n) is 14.4. The average molecular weight is 380 g/mol. The molecule has 0 saturated heterocycles. The summed E-state index contributed by atoms with van der Waals surface area (Å²) in [5.74, 6) is -0.708. The molecule has 0 aliphatic heterocycles. The zero-order valence-corrected chi connectivity index (χ0v) is 15.2. The number of sulfonamides is 1. The number of benzene rings is 2. The van der Waals surface area contributed by atoms with Crippen LogP contribution in [0.5, 0.6) is 0 Å². The molecule has 0 radical (unpaired) electrons. The van der Waals surface area contributed by atoms with Gasteiger partial charge in [-0.1, -0.05) is 18.2 Å². The first-order valence-electron chi connectivity index (χ1n) is 8.04. The highest BCUT2D eigenvalue weighted by Crippen LogP contribution is 2.12. The second-order valence-corrected chi connectivity index (χ2v) is 7.32. The number of methoxy groups -OCH3 is 1. The molecular formula is C18H21FN2O4S. The Hall–Kier alpha value is -2.29. The standard InChI is InChI=1S/C18H21FN2O4S/c1-25-12-11-20-18(22)15-3-2-4-17(13-15)26(23,24)21-10-9-14-5-7-16(19)8-6-14/h2-8,13,21H,9-12H2,1H3,(H,20,22). The lowest BCUT2D eigenvalue weighted by Gasteiger charge is -2.09. The first kappa shape index (κ1) is 20.0. The van der Waals surface area contributed by atoms with Gasteiger partial charge >= 0.3 is 0 Å². The molecule has 0 unspecified atom stereocenters. The van der Waals surface area contributed by atoms with Crippen molar-refractivity contribution in [3.8, 4) is 0 Å². The maximum atomic E-state index is 12.9. The Bertz CT molecular complexity index is 839. The maximum Gasteiger partial charge on any atom is 0.251 e. The van der Waals surface area contributed by atoms with Gasteiger partial charge in [-0.05, 0) is 42.3 Å². The molecule has 140 valence electrons. The number of carbonyl (C=O) groups is 1. The Morgan fingerprint density at radius 1 is 1.12 bits per heavy atom. The van der Waals surface area contributed by atoms with Crippen LogP contribution in [-0.4, -0.2) is 41.1 Å². The van der Waals surface area contributed by atoms with Gasteiger partial charge in [-0.25, -0.2) is 17.5 Å². The largest absolute Gasteiger partial charge is 0.383 e. The molecule has 0 aromatic heterocycles. The van der Waals surface area contributed by atoms with Crippen molar-refractivity contribution >= 4 is 15.9 Å². The Morgan fingerprint density at radius 2 is 1.85 bits per heavy atom. The van der Waals surface area contributed by atoms with Crippen LogP contribution in [0.1, 0.15) is 15.9 Å². The molecule has 2 N–H and O–H groups in total. The van der Waals surface area contributed by atoms with Gasteiger partial charge in [0.1, 0.15) is 5.82 Å².